The third-order valence-corrected chi connectivity index (χ3v) is 7.57. The van der Waals surface area contributed by atoms with E-state index in [4.69, 9.17) is 18.9 Å². The quantitative estimate of drug-likeness (QED) is 0.194. The Hall–Kier alpha value is -4.80. The van der Waals surface area contributed by atoms with Gasteiger partial charge in [-0.15, -0.1) is 0 Å². The highest BCUT2D eigenvalue weighted by Crippen LogP contribution is 2.56. The Morgan fingerprint density at radius 2 is 0.850 bits per heavy atom. The predicted molar refractivity (Wildman–Crippen MR) is 138 cm³/mol. The number of hydrogen-bond acceptors (Lipinski definition) is 10. The van der Waals surface area contributed by atoms with Crippen molar-refractivity contribution in [3.8, 4) is 46.0 Å². The molecule has 4 aromatic rings. The smallest absolute Gasteiger partial charge is 0.157 e. The normalized spacial score (nSPS) is 26.3. The fourth-order valence-electron chi connectivity index (χ4n) is 5.68. The number of hydrogen-bond donors (Lipinski definition) is 6. The Kier molecular flexibility index (Phi) is 5.38. The highest BCUT2D eigenvalue weighted by atomic mass is 16.6. The van der Waals surface area contributed by atoms with Crippen LogP contribution in [-0.2, 0) is 9.47 Å². The second kappa shape index (κ2) is 8.87. The number of ether oxygens (including phenoxy) is 4. The number of phenols is 6. The first-order valence-electron chi connectivity index (χ1n) is 12.6. The minimum atomic E-state index is -0.800. The Bertz CT molecular complexity index is 1510. The van der Waals surface area contributed by atoms with Gasteiger partial charge in [-0.2, -0.15) is 0 Å². The monoisotopic (exact) mass is 544 g/mol. The van der Waals surface area contributed by atoms with Crippen LogP contribution >= 0.6 is 0 Å². The van der Waals surface area contributed by atoms with Gasteiger partial charge in [0.2, 0.25) is 0 Å². The van der Waals surface area contributed by atoms with Crippen LogP contribution in [0.15, 0.2) is 72.8 Å². The van der Waals surface area contributed by atoms with Crippen LogP contribution in [0.2, 0.25) is 0 Å². The van der Waals surface area contributed by atoms with Crippen molar-refractivity contribution in [3.05, 3.63) is 95.1 Å². The maximum absolute atomic E-state index is 10.2. The van der Waals surface area contributed by atoms with E-state index in [0.717, 1.165) is 0 Å². The van der Waals surface area contributed by atoms with Crippen molar-refractivity contribution in [2.24, 2.45) is 0 Å². The Morgan fingerprint density at radius 3 is 1.25 bits per heavy atom. The zero-order chi connectivity index (χ0) is 27.7. The number of fused-ring (bicyclic) bond motifs is 6. The van der Waals surface area contributed by atoms with Gasteiger partial charge in [0.05, 0.1) is 0 Å². The van der Waals surface area contributed by atoms with Gasteiger partial charge in [-0.25, -0.2) is 0 Å². The van der Waals surface area contributed by atoms with Crippen molar-refractivity contribution >= 4 is 0 Å². The molecule has 0 aliphatic carbocycles. The van der Waals surface area contributed by atoms with Gasteiger partial charge in [-0.1, -0.05) is 12.1 Å². The molecule has 1 saturated heterocycles. The molecule has 1 fully saturated rings. The Morgan fingerprint density at radius 1 is 0.425 bits per heavy atom. The van der Waals surface area contributed by atoms with Gasteiger partial charge in [0.15, 0.2) is 35.2 Å². The summed E-state index contributed by atoms with van der Waals surface area (Å²) in [5.74, 6) is -0.511. The highest BCUT2D eigenvalue weighted by molar-refractivity contribution is 5.50. The van der Waals surface area contributed by atoms with Gasteiger partial charge in [0, 0.05) is 23.3 Å². The van der Waals surface area contributed by atoms with E-state index >= 15 is 0 Å². The molecule has 3 aliphatic heterocycles. The SMILES string of the molecule is Oc1ccc2c(c1)O[C@H](c1ccc(O)c(O)c1)[C@H]1O[C@H]3c4ccc(O)cc4O[C@H](c4ccc(O)c(O)c4)[C@H]3O[C@H]21. The summed E-state index contributed by atoms with van der Waals surface area (Å²) >= 11 is 0. The molecule has 40 heavy (non-hydrogen) atoms. The van der Waals surface area contributed by atoms with E-state index < -0.39 is 36.6 Å². The summed E-state index contributed by atoms with van der Waals surface area (Å²) in [6, 6.07) is 18.1. The Balaban J connectivity index is 1.37. The summed E-state index contributed by atoms with van der Waals surface area (Å²) in [7, 11) is 0. The van der Waals surface area contributed by atoms with Crippen molar-refractivity contribution in [2.75, 3.05) is 0 Å². The molecule has 0 unspecified atom stereocenters. The molecule has 3 aliphatic rings. The zero-order valence-electron chi connectivity index (χ0n) is 20.7. The molecular formula is C30H24O10. The van der Waals surface area contributed by atoms with Crippen LogP contribution < -0.4 is 9.47 Å². The molecule has 204 valence electrons. The number of phenolic OH excluding ortho intramolecular Hbond substituents is 6. The number of benzene rings is 4. The van der Waals surface area contributed by atoms with E-state index in [2.05, 4.69) is 0 Å². The fourth-order valence-corrected chi connectivity index (χ4v) is 5.68. The Labute approximate surface area is 227 Å². The van der Waals surface area contributed by atoms with Crippen LogP contribution in [0.4, 0.5) is 0 Å². The van der Waals surface area contributed by atoms with Crippen LogP contribution in [0.1, 0.15) is 46.7 Å². The van der Waals surface area contributed by atoms with E-state index in [1.165, 1.54) is 48.5 Å². The van der Waals surface area contributed by atoms with Crippen LogP contribution in [-0.4, -0.2) is 42.8 Å². The molecule has 0 spiro atoms. The molecule has 10 nitrogen and oxygen atoms in total. The second-order valence-electron chi connectivity index (χ2n) is 10.1. The van der Waals surface area contributed by atoms with Crippen LogP contribution in [0.25, 0.3) is 0 Å². The zero-order valence-corrected chi connectivity index (χ0v) is 20.7. The molecule has 4 aromatic carbocycles. The standard InChI is InChI=1S/C30H24O10/c31-15-3-5-17-23(11-15)37-25(13-1-7-19(33)21(35)9-13)29-27(17)40-30-26(14-2-8-20(34)22(36)10-14)38-24-12-16(32)4-6-18(24)28(30)39-29/h1-12,25-36H/t25-,26-,27-,28+,29-,30-/m1/s1. The summed E-state index contributed by atoms with van der Waals surface area (Å²) in [4.78, 5) is 0. The minimum absolute atomic E-state index is 0.00807. The topological polar surface area (TPSA) is 158 Å². The van der Waals surface area contributed by atoms with E-state index in [1.54, 1.807) is 24.3 Å². The van der Waals surface area contributed by atoms with Gasteiger partial charge in [0.1, 0.15) is 47.4 Å². The van der Waals surface area contributed by atoms with Crippen molar-refractivity contribution in [1.82, 2.24) is 0 Å². The maximum atomic E-state index is 10.2. The molecular weight excluding hydrogens is 520 g/mol. The molecule has 0 radical (unpaired) electrons. The first-order valence-corrected chi connectivity index (χ1v) is 12.6. The summed E-state index contributed by atoms with van der Waals surface area (Å²) in [5, 5.41) is 60.5. The summed E-state index contributed by atoms with van der Waals surface area (Å²) in [6.07, 6.45) is -4.49. The fraction of sp³-hybridized carbons (Fsp3) is 0.200. The molecule has 7 rings (SSSR count). The lowest BCUT2D eigenvalue weighted by Gasteiger charge is -2.51. The van der Waals surface area contributed by atoms with Crippen LogP contribution in [0.3, 0.4) is 0 Å². The van der Waals surface area contributed by atoms with Gasteiger partial charge >= 0.3 is 0 Å². The van der Waals surface area contributed by atoms with Gasteiger partial charge < -0.3 is 49.6 Å². The van der Waals surface area contributed by atoms with Crippen molar-refractivity contribution < 1.29 is 49.6 Å². The maximum Gasteiger partial charge on any atom is 0.157 e. The van der Waals surface area contributed by atoms with E-state index in [1.807, 2.05) is 0 Å². The highest BCUT2D eigenvalue weighted by Gasteiger charge is 2.53. The lowest BCUT2D eigenvalue weighted by molar-refractivity contribution is -0.277. The molecule has 0 amide bonds. The summed E-state index contributed by atoms with van der Waals surface area (Å²) in [5.41, 5.74) is 2.28. The van der Waals surface area contributed by atoms with Crippen molar-refractivity contribution in [2.45, 2.75) is 36.6 Å². The molecule has 3 heterocycles. The largest absolute Gasteiger partial charge is 0.508 e. The number of rotatable bonds is 2. The van der Waals surface area contributed by atoms with Crippen LogP contribution in [0, 0.1) is 0 Å². The molecule has 10 heteroatoms. The first-order chi connectivity index (χ1) is 19.3. The summed E-state index contributed by atoms with van der Waals surface area (Å²) < 4.78 is 26.1. The first kappa shape index (κ1) is 24.3. The van der Waals surface area contributed by atoms with Crippen molar-refractivity contribution in [3.63, 3.8) is 0 Å². The molecule has 6 atom stereocenters. The average molecular weight is 545 g/mol. The third kappa shape index (κ3) is 3.80. The lowest BCUT2D eigenvalue weighted by atomic mass is 9.86. The summed E-state index contributed by atoms with van der Waals surface area (Å²) in [6.45, 7) is 0. The van der Waals surface area contributed by atoms with E-state index in [0.29, 0.717) is 33.8 Å². The van der Waals surface area contributed by atoms with E-state index in [-0.39, 0.29) is 34.5 Å². The predicted octanol–water partition coefficient (Wildman–Crippen LogP) is 4.75. The minimum Gasteiger partial charge on any atom is -0.508 e. The molecule has 0 bridgehead atoms. The van der Waals surface area contributed by atoms with E-state index in [9.17, 15) is 30.6 Å². The molecule has 6 N–H and O–H groups in total. The lowest BCUT2D eigenvalue weighted by Crippen LogP contribution is -2.50. The van der Waals surface area contributed by atoms with Gasteiger partial charge in [-0.05, 0) is 59.7 Å². The van der Waals surface area contributed by atoms with Gasteiger partial charge in [0.25, 0.3) is 0 Å². The average Bonchev–Trinajstić information content (AvgIpc) is 2.94. The number of aromatic hydroxyl groups is 6. The molecule has 0 saturated carbocycles. The second-order valence-corrected chi connectivity index (χ2v) is 10.1. The van der Waals surface area contributed by atoms with Crippen LogP contribution in [0.5, 0.6) is 46.0 Å². The molecule has 0 aromatic heterocycles. The van der Waals surface area contributed by atoms with Crippen molar-refractivity contribution in [1.29, 1.82) is 0 Å². The van der Waals surface area contributed by atoms with Gasteiger partial charge in [-0.3, -0.25) is 0 Å². The third-order valence-electron chi connectivity index (χ3n) is 7.57.